The van der Waals surface area contributed by atoms with Crippen LogP contribution in [0.1, 0.15) is 31.4 Å². The van der Waals surface area contributed by atoms with E-state index < -0.39 is 28.7 Å². The monoisotopic (exact) mass is 617 g/mol. The van der Waals surface area contributed by atoms with E-state index in [0.29, 0.717) is 13.0 Å². The molecule has 3 unspecified atom stereocenters. The van der Waals surface area contributed by atoms with Gasteiger partial charge in [-0.25, -0.2) is 0 Å². The Morgan fingerprint density at radius 3 is 2.36 bits per heavy atom. The van der Waals surface area contributed by atoms with Gasteiger partial charge >= 0.3 is 0 Å². The van der Waals surface area contributed by atoms with E-state index in [1.54, 1.807) is 45.7 Å². The predicted octanol–water partition coefficient (Wildman–Crippen LogP) is 3.95. The topological polar surface area (TPSA) is 81.2 Å². The number of carbonyl (C=O) groups excluding carboxylic acids is 3. The van der Waals surface area contributed by atoms with Crippen molar-refractivity contribution >= 4 is 51.1 Å². The lowest BCUT2D eigenvalue weighted by Crippen LogP contribution is -2.59. The number of likely N-dealkylation sites (tertiary alicyclic amines) is 1. The summed E-state index contributed by atoms with van der Waals surface area (Å²) in [6.45, 7) is 15.9. The van der Waals surface area contributed by atoms with E-state index in [9.17, 15) is 19.5 Å². The summed E-state index contributed by atoms with van der Waals surface area (Å²) < 4.78 is -0.791. The summed E-state index contributed by atoms with van der Waals surface area (Å²) in [6, 6.07) is 4.54. The smallest absolute Gasteiger partial charge is 0.251 e. The molecule has 39 heavy (non-hydrogen) atoms. The molecule has 3 fully saturated rings. The number of nitrogens with zero attached hydrogens (tertiary/aromatic N) is 3. The van der Waals surface area contributed by atoms with Gasteiger partial charge in [-0.05, 0) is 37.3 Å². The molecule has 4 rings (SSSR count). The number of anilines is 1. The number of alkyl halides is 1. The molecule has 0 saturated carbocycles. The Morgan fingerprint density at radius 1 is 1.21 bits per heavy atom. The SMILES string of the molecule is C=CCN(C)C(=O)[C@H]1[C@H]2C(=O)N([C@@H](CO)C(C)C)C(C(=O)N(CC=C)c3c(C)cccc3C)C23CC(Br)[C@@H]1S3. The number of likely N-dealkylation sites (N-methyl/N-ethyl adjacent to an activating group) is 1. The first kappa shape index (κ1) is 29.9. The van der Waals surface area contributed by atoms with Gasteiger partial charge in [0.15, 0.2) is 0 Å². The van der Waals surface area contributed by atoms with Gasteiger partial charge in [0, 0.05) is 35.9 Å². The molecule has 3 aliphatic heterocycles. The summed E-state index contributed by atoms with van der Waals surface area (Å²) >= 11 is 5.44. The Balaban J connectivity index is 1.89. The maximum atomic E-state index is 14.8. The highest BCUT2D eigenvalue weighted by molar-refractivity contribution is 9.09. The zero-order valence-electron chi connectivity index (χ0n) is 23.5. The second-order valence-electron chi connectivity index (χ2n) is 11.4. The van der Waals surface area contributed by atoms with Crippen LogP contribution in [0.4, 0.5) is 5.69 Å². The summed E-state index contributed by atoms with van der Waals surface area (Å²) in [5.74, 6) is -1.80. The van der Waals surface area contributed by atoms with Gasteiger partial charge in [0.1, 0.15) is 6.04 Å². The number of benzene rings is 1. The Hall–Kier alpha value is -2.10. The van der Waals surface area contributed by atoms with Crippen molar-refractivity contribution < 1.29 is 19.5 Å². The molecule has 3 amide bonds. The minimum atomic E-state index is -0.828. The van der Waals surface area contributed by atoms with Crippen LogP contribution in [0, 0.1) is 31.6 Å². The number of aryl methyl sites for hydroxylation is 2. The van der Waals surface area contributed by atoms with Crippen LogP contribution in [0.5, 0.6) is 0 Å². The highest BCUT2D eigenvalue weighted by Crippen LogP contribution is 2.68. The van der Waals surface area contributed by atoms with Crippen molar-refractivity contribution in [2.45, 2.75) is 61.0 Å². The molecule has 0 aliphatic carbocycles. The van der Waals surface area contributed by atoms with Crippen LogP contribution >= 0.6 is 27.7 Å². The van der Waals surface area contributed by atoms with Gasteiger partial charge in [-0.2, -0.15) is 0 Å². The van der Waals surface area contributed by atoms with Gasteiger partial charge in [0.05, 0.1) is 29.2 Å². The highest BCUT2D eigenvalue weighted by Gasteiger charge is 2.76. The van der Waals surface area contributed by atoms with Crippen LogP contribution in [0.2, 0.25) is 0 Å². The van der Waals surface area contributed by atoms with Crippen LogP contribution in [-0.2, 0) is 14.4 Å². The summed E-state index contributed by atoms with van der Waals surface area (Å²) in [4.78, 5) is 48.1. The lowest BCUT2D eigenvalue weighted by Gasteiger charge is -2.41. The van der Waals surface area contributed by atoms with Crippen molar-refractivity contribution in [1.29, 1.82) is 0 Å². The van der Waals surface area contributed by atoms with Crippen molar-refractivity contribution in [3.63, 3.8) is 0 Å². The van der Waals surface area contributed by atoms with Crippen molar-refractivity contribution in [3.05, 3.63) is 54.6 Å². The molecule has 1 aromatic rings. The van der Waals surface area contributed by atoms with Crippen LogP contribution in [0.25, 0.3) is 0 Å². The Morgan fingerprint density at radius 2 is 1.82 bits per heavy atom. The van der Waals surface area contributed by atoms with E-state index in [-0.39, 0.29) is 46.9 Å². The number of carbonyl (C=O) groups is 3. The fourth-order valence-corrected chi connectivity index (χ4v) is 10.5. The molecular formula is C30H40BrN3O4S. The van der Waals surface area contributed by atoms with E-state index in [2.05, 4.69) is 29.1 Å². The third-order valence-electron chi connectivity index (χ3n) is 8.63. The zero-order chi connectivity index (χ0) is 28.8. The van der Waals surface area contributed by atoms with E-state index in [4.69, 9.17) is 0 Å². The third kappa shape index (κ3) is 4.68. The summed E-state index contributed by atoms with van der Waals surface area (Å²) in [6.07, 6.45) is 3.97. The first-order valence-corrected chi connectivity index (χ1v) is 15.4. The van der Waals surface area contributed by atoms with E-state index in [1.807, 2.05) is 45.9 Å². The second kappa shape index (κ2) is 11.4. The molecule has 1 spiro atoms. The molecule has 3 aliphatic rings. The van der Waals surface area contributed by atoms with Gasteiger partial charge in [0.2, 0.25) is 11.8 Å². The number of aliphatic hydroxyl groups is 1. The largest absolute Gasteiger partial charge is 0.394 e. The van der Waals surface area contributed by atoms with Gasteiger partial charge < -0.3 is 19.8 Å². The number of thioether (sulfide) groups is 1. The zero-order valence-corrected chi connectivity index (χ0v) is 25.9. The summed E-state index contributed by atoms with van der Waals surface area (Å²) in [5, 5.41) is 10.4. The Kier molecular flexibility index (Phi) is 8.74. The molecule has 1 aromatic carbocycles. The lowest BCUT2D eigenvalue weighted by molar-refractivity contribution is -0.145. The van der Waals surface area contributed by atoms with E-state index >= 15 is 0 Å². The minimum Gasteiger partial charge on any atom is -0.394 e. The fourth-order valence-electron chi connectivity index (χ4n) is 6.94. The van der Waals surface area contributed by atoms with Gasteiger partial charge in [-0.1, -0.05) is 60.1 Å². The number of halogens is 1. The molecule has 212 valence electrons. The first-order valence-electron chi connectivity index (χ1n) is 13.6. The van der Waals surface area contributed by atoms with Crippen LogP contribution in [0.3, 0.4) is 0 Å². The Bertz CT molecular complexity index is 1150. The molecule has 0 radical (unpaired) electrons. The van der Waals surface area contributed by atoms with Crippen LogP contribution < -0.4 is 4.90 Å². The number of amides is 3. The minimum absolute atomic E-state index is 0.0208. The number of aliphatic hydroxyl groups excluding tert-OH is 1. The van der Waals surface area contributed by atoms with Crippen molar-refractivity contribution in [2.75, 3.05) is 31.6 Å². The molecule has 1 N–H and O–H groups in total. The first-order chi connectivity index (χ1) is 18.5. The standard InChI is InChI=1S/C30H40BrN3O4S/c1-8-13-32(7)27(36)22-23-28(37)34(21(16-35)17(3)4)26(30(23)15-20(31)25(22)39-30)29(38)33(14-9-2)24-18(5)11-10-12-19(24)6/h8-12,17,20-23,25-26,35H,1-2,13-16H2,3-7H3/t20?,21-,22-,23-,25-,26?,30?/m0/s1. The van der Waals surface area contributed by atoms with E-state index in [1.165, 1.54) is 0 Å². The average molecular weight is 619 g/mol. The van der Waals surface area contributed by atoms with E-state index in [0.717, 1.165) is 16.8 Å². The van der Waals surface area contributed by atoms with Gasteiger partial charge in [0.25, 0.3) is 5.91 Å². The highest BCUT2D eigenvalue weighted by atomic mass is 79.9. The van der Waals surface area contributed by atoms with Gasteiger partial charge in [-0.3, -0.25) is 14.4 Å². The molecule has 7 atom stereocenters. The lowest BCUT2D eigenvalue weighted by atomic mass is 9.70. The van der Waals surface area contributed by atoms with Crippen LogP contribution in [-0.4, -0.2) is 86.3 Å². The molecule has 3 heterocycles. The summed E-state index contributed by atoms with van der Waals surface area (Å²) in [7, 11) is 1.73. The maximum absolute atomic E-state index is 14.8. The third-order valence-corrected chi connectivity index (χ3v) is 11.8. The normalized spacial score (nSPS) is 29.9. The van der Waals surface area contributed by atoms with Crippen molar-refractivity contribution in [3.8, 4) is 0 Å². The molecular weight excluding hydrogens is 578 g/mol. The van der Waals surface area contributed by atoms with Crippen molar-refractivity contribution in [2.24, 2.45) is 17.8 Å². The van der Waals surface area contributed by atoms with Crippen molar-refractivity contribution in [1.82, 2.24) is 9.80 Å². The molecule has 7 nitrogen and oxygen atoms in total. The summed E-state index contributed by atoms with van der Waals surface area (Å²) in [5.41, 5.74) is 2.73. The number of fused-ring (bicyclic) bond motifs is 1. The quantitative estimate of drug-likeness (QED) is 0.318. The molecule has 9 heteroatoms. The molecule has 0 aromatic heterocycles. The second-order valence-corrected chi connectivity index (χ2v) is 14.1. The predicted molar refractivity (Wildman–Crippen MR) is 161 cm³/mol. The number of hydrogen-bond acceptors (Lipinski definition) is 5. The average Bonchev–Trinajstić information content (AvgIpc) is 3.46. The number of para-hydroxylation sites is 1. The Labute approximate surface area is 244 Å². The van der Waals surface area contributed by atoms with Gasteiger partial charge in [-0.15, -0.1) is 24.9 Å². The fraction of sp³-hybridized carbons (Fsp3) is 0.567. The molecule has 3 saturated heterocycles. The maximum Gasteiger partial charge on any atom is 0.251 e. The number of hydrogen-bond donors (Lipinski definition) is 1. The number of rotatable bonds is 10. The van der Waals surface area contributed by atoms with Crippen LogP contribution in [0.15, 0.2) is 43.5 Å². The molecule has 2 bridgehead atoms.